The Morgan fingerprint density at radius 2 is 0.708 bits per heavy atom. The number of hydrogen-bond acceptors (Lipinski definition) is 2. The van der Waals surface area contributed by atoms with Gasteiger partial charge in [-0.3, -0.25) is 9.59 Å². The maximum absolute atomic E-state index is 14.1. The fourth-order valence-corrected chi connectivity index (χ4v) is 12.9. The van der Waals surface area contributed by atoms with Gasteiger partial charge in [-0.15, -0.1) is 0 Å². The van der Waals surface area contributed by atoms with Gasteiger partial charge in [0, 0.05) is 16.5 Å². The van der Waals surface area contributed by atoms with Crippen molar-refractivity contribution in [1.82, 2.24) is 0 Å². The molecule has 0 N–H and O–H groups in total. The van der Waals surface area contributed by atoms with E-state index in [0.29, 0.717) is 16.8 Å². The Kier molecular flexibility index (Phi) is 6.29. The van der Waals surface area contributed by atoms with Crippen LogP contribution in [0.15, 0.2) is 164 Å². The van der Waals surface area contributed by atoms with E-state index in [2.05, 4.69) is 121 Å². The Balaban J connectivity index is 0.758. The maximum Gasteiger partial charge on any atom is 0.265 e. The highest BCUT2D eigenvalue weighted by Gasteiger charge is 2.36. The molecule has 0 unspecified atom stereocenters. The van der Waals surface area contributed by atoms with Gasteiger partial charge in [-0.2, -0.15) is 0 Å². The molecule has 3 heteroatoms. The fourth-order valence-electron chi connectivity index (χ4n) is 12.9. The van der Waals surface area contributed by atoms with Crippen LogP contribution in [0, 0.1) is 0 Å². The second-order valence-corrected chi connectivity index (χ2v) is 19.0. The molecule has 1 aliphatic heterocycles. The summed E-state index contributed by atoms with van der Waals surface area (Å²) < 4.78 is 0. The minimum absolute atomic E-state index is 0.283. The number of carbonyl (C=O) groups excluding carboxylic acids is 2. The molecule has 0 fully saturated rings. The number of amides is 2. The van der Waals surface area contributed by atoms with Gasteiger partial charge in [0.1, 0.15) is 0 Å². The summed E-state index contributed by atoms with van der Waals surface area (Å²) in [5.41, 5.74) is 26.9. The lowest BCUT2D eigenvalue weighted by molar-refractivity contribution is 0.0893. The van der Waals surface area contributed by atoms with E-state index in [-0.39, 0.29) is 11.8 Å². The first-order valence-corrected chi connectivity index (χ1v) is 22.8. The molecule has 2 amide bonds. The number of hydrogen-bond donors (Lipinski definition) is 0. The number of benzene rings is 11. The van der Waals surface area contributed by atoms with Crippen molar-refractivity contribution < 1.29 is 9.59 Å². The first kappa shape index (κ1) is 34.4. The molecule has 1 heterocycles. The topological polar surface area (TPSA) is 37.4 Å². The molecule has 0 radical (unpaired) electrons. The van der Waals surface area contributed by atoms with Crippen LogP contribution in [0.1, 0.15) is 65.2 Å². The number of imide groups is 1. The Bertz CT molecular complexity index is 4030. The Morgan fingerprint density at radius 3 is 1.31 bits per heavy atom. The molecule has 0 atom stereocenters. The first-order chi connectivity index (χ1) is 32.0. The van der Waals surface area contributed by atoms with Crippen molar-refractivity contribution >= 4 is 60.6 Å². The maximum atomic E-state index is 14.1. The second-order valence-electron chi connectivity index (χ2n) is 19.0. The van der Waals surface area contributed by atoms with Gasteiger partial charge < -0.3 is 0 Å². The van der Waals surface area contributed by atoms with Crippen LogP contribution in [0.5, 0.6) is 0 Å². The zero-order valence-electron chi connectivity index (χ0n) is 35.2. The van der Waals surface area contributed by atoms with E-state index in [0.717, 1.165) is 58.0 Å². The van der Waals surface area contributed by atoms with Crippen LogP contribution in [-0.2, 0) is 25.7 Å². The molecule has 5 aliphatic rings. The molecule has 0 saturated carbocycles. The molecule has 4 aliphatic carbocycles. The van der Waals surface area contributed by atoms with Crippen molar-refractivity contribution in [2.75, 3.05) is 4.90 Å². The van der Waals surface area contributed by atoms with E-state index in [1.807, 2.05) is 42.5 Å². The highest BCUT2D eigenvalue weighted by molar-refractivity contribution is 6.42. The van der Waals surface area contributed by atoms with Gasteiger partial charge in [-0.25, -0.2) is 4.90 Å². The number of nitrogens with zero attached hydrogens (tertiary/aromatic N) is 1. The summed E-state index contributed by atoms with van der Waals surface area (Å²) in [5.74, 6) is -0.567. The Labute approximate surface area is 374 Å². The van der Waals surface area contributed by atoms with E-state index in [9.17, 15) is 9.59 Å². The van der Waals surface area contributed by atoms with Gasteiger partial charge in [0.15, 0.2) is 0 Å². The van der Waals surface area contributed by atoms with E-state index in [1.165, 1.54) is 116 Å². The number of anilines is 1. The summed E-state index contributed by atoms with van der Waals surface area (Å²) in [4.78, 5) is 29.4. The molecule has 16 rings (SSSR count). The summed E-state index contributed by atoms with van der Waals surface area (Å²) in [7, 11) is 0. The molecule has 65 heavy (non-hydrogen) atoms. The normalized spacial score (nSPS) is 14.6. The van der Waals surface area contributed by atoms with Crippen molar-refractivity contribution in [1.29, 1.82) is 0 Å². The standard InChI is InChI=1S/C62H35NO2/c64-61-50-19-17-48-46-12-6-11-45-43(15-16-47(58(45)46)49-18-20-51(60(50)59(48)49)62(65)63(61)41-8-2-1-3-9-41)33-13-14-44-34(22-33)23-36-29-55-38(27-53(36)44)25-40-30-56-39(31-57(40)55)24-37-26-52-35(28-54(37)56)21-32-7-4-5-10-42(32)52/h1-20,22,26-31H,21,23-25H2. The van der Waals surface area contributed by atoms with Crippen LogP contribution < -0.4 is 4.90 Å². The molecule has 300 valence electrons. The fraction of sp³-hybridized carbons (Fsp3) is 0.0645. The smallest absolute Gasteiger partial charge is 0.265 e. The SMILES string of the molecule is O=C1c2ccc3c4cccc5c(-c6ccc7c(c6)Cc6cc8c(cc6-7)Cc6cc7c(cc6-8)Cc6cc8c(cc6-7)Cc6ccccc6-8)ccc(c6ccc(c2c36)C(=O)N1c1ccccc1)c54. The van der Waals surface area contributed by atoms with Crippen LogP contribution in [0.25, 0.3) is 98.7 Å². The quantitative estimate of drug-likeness (QED) is 0.0989. The molecular formula is C62H35NO2. The molecule has 11 aromatic carbocycles. The van der Waals surface area contributed by atoms with E-state index >= 15 is 0 Å². The van der Waals surface area contributed by atoms with Crippen molar-refractivity contribution in [3.05, 3.63) is 219 Å². The lowest BCUT2D eigenvalue weighted by Gasteiger charge is -2.28. The van der Waals surface area contributed by atoms with Crippen LogP contribution in [0.4, 0.5) is 5.69 Å². The van der Waals surface area contributed by atoms with E-state index in [1.54, 1.807) is 0 Å². The number of fused-ring (bicyclic) bond motifs is 14. The third-order valence-corrected chi connectivity index (χ3v) is 15.8. The van der Waals surface area contributed by atoms with Crippen molar-refractivity contribution in [3.8, 4) is 55.6 Å². The van der Waals surface area contributed by atoms with Crippen molar-refractivity contribution in [2.45, 2.75) is 25.7 Å². The summed E-state index contributed by atoms with van der Waals surface area (Å²) in [6.07, 6.45) is 3.93. The van der Waals surface area contributed by atoms with E-state index < -0.39 is 0 Å². The van der Waals surface area contributed by atoms with Gasteiger partial charge >= 0.3 is 0 Å². The number of para-hydroxylation sites is 1. The average molecular weight is 826 g/mol. The predicted octanol–water partition coefficient (Wildman–Crippen LogP) is 14.5. The molecule has 11 aromatic rings. The Hall–Kier alpha value is -8.14. The number of rotatable bonds is 2. The van der Waals surface area contributed by atoms with Gasteiger partial charge in [0.05, 0.1) is 5.69 Å². The summed E-state index contributed by atoms with van der Waals surface area (Å²) in [6.45, 7) is 0. The highest BCUT2D eigenvalue weighted by atomic mass is 16.2. The van der Waals surface area contributed by atoms with Crippen molar-refractivity contribution in [3.63, 3.8) is 0 Å². The second kappa shape index (κ2) is 11.9. The summed E-state index contributed by atoms with van der Waals surface area (Å²) >= 11 is 0. The van der Waals surface area contributed by atoms with Crippen LogP contribution in [0.2, 0.25) is 0 Å². The van der Waals surface area contributed by atoms with Gasteiger partial charge in [-0.1, -0.05) is 103 Å². The van der Waals surface area contributed by atoms with Gasteiger partial charge in [-0.05, 0) is 224 Å². The summed E-state index contributed by atoms with van der Waals surface area (Å²) in [5, 5.41) is 8.54. The lowest BCUT2D eigenvalue weighted by atomic mass is 9.83. The van der Waals surface area contributed by atoms with Gasteiger partial charge in [0.25, 0.3) is 11.8 Å². The molecule has 3 nitrogen and oxygen atoms in total. The van der Waals surface area contributed by atoms with Crippen LogP contribution in [0.3, 0.4) is 0 Å². The predicted molar refractivity (Wildman–Crippen MR) is 264 cm³/mol. The third-order valence-electron chi connectivity index (χ3n) is 15.8. The lowest BCUT2D eigenvalue weighted by Crippen LogP contribution is -2.40. The van der Waals surface area contributed by atoms with Crippen molar-refractivity contribution in [2.24, 2.45) is 0 Å². The largest absolute Gasteiger partial charge is 0.268 e. The minimum Gasteiger partial charge on any atom is -0.268 e. The summed E-state index contributed by atoms with van der Waals surface area (Å²) in [6, 6.07) is 59.4. The van der Waals surface area contributed by atoms with Crippen LogP contribution in [-0.4, -0.2) is 11.8 Å². The monoisotopic (exact) mass is 825 g/mol. The van der Waals surface area contributed by atoms with Gasteiger partial charge in [0.2, 0.25) is 0 Å². The molecular weight excluding hydrogens is 791 g/mol. The molecule has 0 saturated heterocycles. The molecule has 0 spiro atoms. The minimum atomic E-state index is -0.283. The van der Waals surface area contributed by atoms with E-state index in [4.69, 9.17) is 0 Å². The zero-order valence-corrected chi connectivity index (χ0v) is 35.2. The first-order valence-electron chi connectivity index (χ1n) is 22.8. The number of carbonyl (C=O) groups is 2. The zero-order chi connectivity index (χ0) is 42.4. The average Bonchev–Trinajstić information content (AvgIpc) is 4.09. The highest BCUT2D eigenvalue weighted by Crippen LogP contribution is 2.52. The molecule has 0 aromatic heterocycles. The molecule has 0 bridgehead atoms. The Morgan fingerprint density at radius 1 is 0.277 bits per heavy atom. The third kappa shape index (κ3) is 4.36. The van der Waals surface area contributed by atoms with Crippen LogP contribution >= 0.6 is 0 Å².